The van der Waals surface area contributed by atoms with Gasteiger partial charge in [0.05, 0.1) is 0 Å². The predicted molar refractivity (Wildman–Crippen MR) is 98.9 cm³/mol. The van der Waals surface area contributed by atoms with Gasteiger partial charge in [0.2, 0.25) is 0 Å². The molecule has 0 aromatic rings. The Kier molecular flexibility index (Phi) is 37.4. The minimum Gasteiger partial charge on any atom is -0.481 e. The zero-order chi connectivity index (χ0) is 19.1. The molecule has 0 spiro atoms. The first-order valence-electron chi connectivity index (χ1n) is 9.14. The molecule has 0 atom stereocenters. The van der Waals surface area contributed by atoms with E-state index in [9.17, 15) is 14.4 Å². The topological polar surface area (TPSA) is 71.4 Å². The van der Waals surface area contributed by atoms with E-state index in [0.29, 0.717) is 30.8 Å². The van der Waals surface area contributed by atoms with E-state index in [2.05, 4.69) is 6.92 Å². The van der Waals surface area contributed by atoms with Crippen molar-refractivity contribution in [3.8, 4) is 0 Å². The molecule has 0 heterocycles. The van der Waals surface area contributed by atoms with Crippen molar-refractivity contribution in [3.63, 3.8) is 0 Å². The summed E-state index contributed by atoms with van der Waals surface area (Å²) in [5, 5.41) is 7.91. The predicted octanol–water partition coefficient (Wildman–Crippen LogP) is 5.82. The van der Waals surface area contributed by atoms with E-state index < -0.39 is 5.97 Å². The monoisotopic (exact) mass is 332 g/mol. The summed E-state index contributed by atoms with van der Waals surface area (Å²) in [6, 6.07) is 0. The maximum Gasteiger partial charge on any atom is 0.303 e. The number of ketones is 2. The highest BCUT2D eigenvalue weighted by Gasteiger charge is 1.93. The summed E-state index contributed by atoms with van der Waals surface area (Å²) >= 11 is 0. The van der Waals surface area contributed by atoms with Crippen molar-refractivity contribution in [2.45, 2.75) is 106 Å². The molecule has 0 aliphatic heterocycles. The summed E-state index contributed by atoms with van der Waals surface area (Å²) in [6.45, 7) is 13.8. The smallest absolute Gasteiger partial charge is 0.303 e. The van der Waals surface area contributed by atoms with Crippen LogP contribution >= 0.6 is 0 Å². The highest BCUT2D eigenvalue weighted by atomic mass is 16.4. The molecular formula is C19H40O4. The first kappa shape index (κ1) is 29.8. The van der Waals surface area contributed by atoms with Crippen molar-refractivity contribution in [2.24, 2.45) is 0 Å². The number of carbonyl (C=O) groups excluding carboxylic acids is 2. The minimum atomic E-state index is -0.711. The molecule has 0 fully saturated rings. The average Bonchev–Trinajstić information content (AvgIpc) is 2.55. The molecule has 0 radical (unpaired) electrons. The lowest BCUT2D eigenvalue weighted by molar-refractivity contribution is -0.137. The normalized spacial score (nSPS) is 8.30. The lowest BCUT2D eigenvalue weighted by atomic mass is 10.1. The SMILES string of the molecule is CC.CCCC(=O)CC.CCCC(=O)O.CCCCC(=O)CC. The second-order valence-corrected chi connectivity index (χ2v) is 4.78. The molecule has 0 saturated carbocycles. The Morgan fingerprint density at radius 1 is 0.652 bits per heavy atom. The van der Waals surface area contributed by atoms with Gasteiger partial charge in [-0.2, -0.15) is 0 Å². The van der Waals surface area contributed by atoms with Gasteiger partial charge in [-0.05, 0) is 19.3 Å². The standard InChI is InChI=1S/C7H14O.C6H12O.C4H8O2.C2H6/c1-3-5-6-7(8)4-2;1-3-5-6(7)4-2;1-2-3-4(5)6;1-2/h3-6H2,1-2H3;3-5H2,1-2H3;2-3H2,1H3,(H,5,6);1-2H3. The second kappa shape index (κ2) is 28.9. The second-order valence-electron chi connectivity index (χ2n) is 4.78. The number of hydrogen-bond acceptors (Lipinski definition) is 3. The Bertz CT molecular complexity index is 260. The van der Waals surface area contributed by atoms with Crippen LogP contribution in [0.15, 0.2) is 0 Å². The summed E-state index contributed by atoms with van der Waals surface area (Å²) in [5.41, 5.74) is 0. The van der Waals surface area contributed by atoms with Crippen molar-refractivity contribution in [2.75, 3.05) is 0 Å². The highest BCUT2D eigenvalue weighted by Crippen LogP contribution is 1.96. The van der Waals surface area contributed by atoms with Gasteiger partial charge in [-0.3, -0.25) is 14.4 Å². The van der Waals surface area contributed by atoms with Gasteiger partial charge in [0.1, 0.15) is 11.6 Å². The van der Waals surface area contributed by atoms with Crippen LogP contribution in [0.3, 0.4) is 0 Å². The van der Waals surface area contributed by atoms with Gasteiger partial charge < -0.3 is 5.11 Å². The van der Waals surface area contributed by atoms with Gasteiger partial charge >= 0.3 is 5.97 Å². The van der Waals surface area contributed by atoms with Gasteiger partial charge in [0.15, 0.2) is 0 Å². The Balaban J connectivity index is -0.000000112. The molecule has 4 heteroatoms. The zero-order valence-electron chi connectivity index (χ0n) is 16.5. The number of rotatable bonds is 9. The van der Waals surface area contributed by atoms with E-state index in [1.165, 1.54) is 0 Å². The van der Waals surface area contributed by atoms with Crippen LogP contribution in [0.5, 0.6) is 0 Å². The van der Waals surface area contributed by atoms with Gasteiger partial charge in [-0.1, -0.05) is 54.9 Å². The van der Waals surface area contributed by atoms with Crippen LogP contribution in [0.4, 0.5) is 0 Å². The van der Waals surface area contributed by atoms with Gasteiger partial charge in [0.25, 0.3) is 0 Å². The Labute approximate surface area is 144 Å². The maximum absolute atomic E-state index is 10.6. The van der Waals surface area contributed by atoms with Gasteiger partial charge in [-0.25, -0.2) is 0 Å². The number of aliphatic carboxylic acids is 1. The lowest BCUT2D eigenvalue weighted by Gasteiger charge is -1.91. The van der Waals surface area contributed by atoms with Crippen molar-refractivity contribution >= 4 is 17.5 Å². The fraction of sp³-hybridized carbons (Fsp3) is 0.842. The molecule has 0 aliphatic carbocycles. The van der Waals surface area contributed by atoms with E-state index in [1.54, 1.807) is 0 Å². The van der Waals surface area contributed by atoms with E-state index >= 15 is 0 Å². The highest BCUT2D eigenvalue weighted by molar-refractivity contribution is 5.78. The van der Waals surface area contributed by atoms with Crippen molar-refractivity contribution < 1.29 is 19.5 Å². The fourth-order valence-corrected chi connectivity index (χ4v) is 1.22. The molecule has 0 amide bonds. The van der Waals surface area contributed by atoms with Crippen LogP contribution < -0.4 is 0 Å². The molecule has 4 nitrogen and oxygen atoms in total. The van der Waals surface area contributed by atoms with Crippen molar-refractivity contribution in [1.29, 1.82) is 0 Å². The fourth-order valence-electron chi connectivity index (χ4n) is 1.22. The van der Waals surface area contributed by atoms with Crippen LogP contribution in [0.25, 0.3) is 0 Å². The van der Waals surface area contributed by atoms with Crippen LogP contribution in [0.1, 0.15) is 106 Å². The third-order valence-corrected chi connectivity index (χ3v) is 2.59. The number of hydrogen-bond donors (Lipinski definition) is 1. The molecule has 0 saturated heterocycles. The molecule has 23 heavy (non-hydrogen) atoms. The quantitative estimate of drug-likeness (QED) is 0.577. The van der Waals surface area contributed by atoms with Gasteiger partial charge in [-0.15, -0.1) is 0 Å². The molecule has 1 N–H and O–H groups in total. The third-order valence-electron chi connectivity index (χ3n) is 2.59. The minimum absolute atomic E-state index is 0.292. The Morgan fingerprint density at radius 3 is 1.22 bits per heavy atom. The van der Waals surface area contributed by atoms with E-state index in [0.717, 1.165) is 38.5 Å². The summed E-state index contributed by atoms with van der Waals surface area (Å²) in [4.78, 5) is 30.6. The Morgan fingerprint density at radius 2 is 1.04 bits per heavy atom. The lowest BCUT2D eigenvalue weighted by Crippen LogP contribution is -1.92. The van der Waals surface area contributed by atoms with E-state index in [4.69, 9.17) is 5.11 Å². The van der Waals surface area contributed by atoms with Crippen LogP contribution in [0, 0.1) is 0 Å². The zero-order valence-corrected chi connectivity index (χ0v) is 16.5. The number of Topliss-reactive ketones (excluding diaryl/α,β-unsaturated/α-hetero) is 2. The molecular weight excluding hydrogens is 292 g/mol. The summed E-state index contributed by atoms with van der Waals surface area (Å²) in [7, 11) is 0. The Hall–Kier alpha value is -1.19. The molecule has 140 valence electrons. The van der Waals surface area contributed by atoms with Crippen LogP contribution in [-0.4, -0.2) is 22.6 Å². The molecule has 0 rings (SSSR count). The molecule has 0 aromatic heterocycles. The number of carboxylic acid groups (broad SMARTS) is 1. The first-order chi connectivity index (χ1) is 10.9. The molecule has 0 aliphatic rings. The third kappa shape index (κ3) is 44.9. The van der Waals surface area contributed by atoms with E-state index in [-0.39, 0.29) is 0 Å². The average molecular weight is 333 g/mol. The summed E-state index contributed by atoms with van der Waals surface area (Å²) in [5.74, 6) is 0.0619. The van der Waals surface area contributed by atoms with Crippen molar-refractivity contribution in [3.05, 3.63) is 0 Å². The van der Waals surface area contributed by atoms with E-state index in [1.807, 2.05) is 41.5 Å². The number of carboxylic acids is 1. The van der Waals surface area contributed by atoms with Crippen LogP contribution in [0.2, 0.25) is 0 Å². The van der Waals surface area contributed by atoms with Crippen molar-refractivity contribution in [1.82, 2.24) is 0 Å². The molecule has 0 bridgehead atoms. The maximum atomic E-state index is 10.6. The van der Waals surface area contributed by atoms with Gasteiger partial charge in [0, 0.05) is 32.1 Å². The summed E-state index contributed by atoms with van der Waals surface area (Å²) < 4.78 is 0. The molecule has 0 unspecified atom stereocenters. The summed E-state index contributed by atoms with van der Waals surface area (Å²) in [6.07, 6.45) is 7.16. The molecule has 0 aromatic carbocycles. The largest absolute Gasteiger partial charge is 0.481 e. The number of unbranched alkanes of at least 4 members (excludes halogenated alkanes) is 1. The number of carbonyl (C=O) groups is 3. The first-order valence-corrected chi connectivity index (χ1v) is 9.14. The van der Waals surface area contributed by atoms with Crippen LogP contribution in [-0.2, 0) is 14.4 Å².